The van der Waals surface area contributed by atoms with E-state index in [4.69, 9.17) is 10.5 Å². The number of rotatable bonds is 6. The van der Waals surface area contributed by atoms with Crippen LogP contribution in [0.25, 0.3) is 11.0 Å². The highest BCUT2D eigenvalue weighted by Gasteiger charge is 2.64. The van der Waals surface area contributed by atoms with Crippen molar-refractivity contribution in [1.82, 2.24) is 19.9 Å². The maximum atomic E-state index is 15.1. The van der Waals surface area contributed by atoms with Gasteiger partial charge < -0.3 is 21.0 Å². The van der Waals surface area contributed by atoms with Crippen LogP contribution in [-0.4, -0.2) is 54.0 Å². The Kier molecular flexibility index (Phi) is 6.45. The van der Waals surface area contributed by atoms with Crippen molar-refractivity contribution in [2.24, 2.45) is 11.7 Å². The van der Waals surface area contributed by atoms with E-state index in [-0.39, 0.29) is 24.6 Å². The molecule has 1 aliphatic carbocycles. The average Bonchev–Trinajstić information content (AvgIpc) is 3.69. The summed E-state index contributed by atoms with van der Waals surface area (Å²) in [6.07, 6.45) is 6.07. The van der Waals surface area contributed by atoms with Crippen LogP contribution in [0.15, 0.2) is 30.7 Å². The summed E-state index contributed by atoms with van der Waals surface area (Å²) in [7, 11) is 0. The van der Waals surface area contributed by atoms with Crippen molar-refractivity contribution in [3.63, 3.8) is 0 Å². The fourth-order valence-corrected chi connectivity index (χ4v) is 6.52. The Labute approximate surface area is 218 Å². The number of halogens is 1. The topological polar surface area (TPSA) is 142 Å². The normalized spacial score (nSPS) is 29.4. The van der Waals surface area contributed by atoms with Gasteiger partial charge in [0.25, 0.3) is 0 Å². The molecule has 0 radical (unpaired) electrons. The third-order valence-electron chi connectivity index (χ3n) is 7.21. The van der Waals surface area contributed by atoms with Crippen LogP contribution in [0.4, 0.5) is 15.9 Å². The van der Waals surface area contributed by atoms with Gasteiger partial charge in [-0.3, -0.25) is 0 Å². The highest BCUT2D eigenvalue weighted by atomic mass is 32.2. The molecule has 2 unspecified atom stereocenters. The largest absolute Gasteiger partial charge is 0.598 e. The smallest absolute Gasteiger partial charge is 0.233 e. The molecule has 3 aromatic rings. The summed E-state index contributed by atoms with van der Waals surface area (Å²) in [4.78, 5) is 15.6. The maximum absolute atomic E-state index is 15.1. The summed E-state index contributed by atoms with van der Waals surface area (Å²) in [6.45, 7) is 5.10. The molecule has 194 valence electrons. The first-order valence-electron chi connectivity index (χ1n) is 11.9. The van der Waals surface area contributed by atoms with Crippen molar-refractivity contribution < 1.29 is 19.1 Å². The number of pyridine rings is 2. The van der Waals surface area contributed by atoms with E-state index in [0.29, 0.717) is 28.4 Å². The maximum Gasteiger partial charge on any atom is 0.233 e. The molecular weight excluding hydrogens is 497 g/mol. The lowest BCUT2D eigenvalue weighted by Gasteiger charge is -2.58. The van der Waals surface area contributed by atoms with Crippen LogP contribution in [0.1, 0.15) is 39.2 Å². The molecule has 2 fully saturated rings. The van der Waals surface area contributed by atoms with Crippen LogP contribution < -0.4 is 15.8 Å². The van der Waals surface area contributed by atoms with Gasteiger partial charge in [-0.05, 0) is 45.7 Å². The van der Waals surface area contributed by atoms with Crippen LogP contribution in [0.5, 0.6) is 5.88 Å². The first-order valence-corrected chi connectivity index (χ1v) is 12.8. The van der Waals surface area contributed by atoms with E-state index < -0.39 is 26.4 Å². The van der Waals surface area contributed by atoms with Crippen molar-refractivity contribution in [2.75, 3.05) is 18.5 Å². The molecule has 5 rings (SSSR count). The molecule has 0 amide bonds. The number of nitrogens with one attached hydrogen (secondary N) is 1. The first kappa shape index (κ1) is 25.6. The molecule has 0 bridgehead atoms. The van der Waals surface area contributed by atoms with Gasteiger partial charge in [0.2, 0.25) is 11.8 Å². The van der Waals surface area contributed by atoms with Gasteiger partial charge in [0.15, 0.2) is 18.0 Å². The number of nitrogens with two attached hydrogens (primary N) is 1. The van der Waals surface area contributed by atoms with Gasteiger partial charge in [0.05, 0.1) is 28.3 Å². The summed E-state index contributed by atoms with van der Waals surface area (Å²) >= 11 is 1.29. The molecule has 12 heteroatoms. The number of quaternary nitrogens is 1. The molecule has 10 nitrogen and oxygen atoms in total. The molecule has 37 heavy (non-hydrogen) atoms. The van der Waals surface area contributed by atoms with Crippen LogP contribution in [0, 0.1) is 28.9 Å². The van der Waals surface area contributed by atoms with E-state index in [1.165, 1.54) is 24.2 Å². The molecule has 4 N–H and O–H groups in total. The van der Waals surface area contributed by atoms with Gasteiger partial charge in [0, 0.05) is 17.7 Å². The highest BCUT2D eigenvalue weighted by Crippen LogP contribution is 2.57. The Morgan fingerprint density at radius 1 is 1.32 bits per heavy atom. The second-order valence-corrected chi connectivity index (χ2v) is 11.4. The van der Waals surface area contributed by atoms with Crippen LogP contribution >= 0.6 is 11.8 Å². The molecule has 0 aromatic carbocycles. The SMILES string of the molecule is CC#CCOc1cnc2c(Nc3cnc(F)c([C@]4(C)C[N+]([O-])(O)[C@@](C)(C5CC5)C(N)S4)c3)nccc2n1. The number of nitrogens with zero attached hydrogens (tertiary/aromatic N) is 5. The van der Waals surface area contributed by atoms with Gasteiger partial charge in [-0.15, -0.1) is 17.7 Å². The lowest BCUT2D eigenvalue weighted by molar-refractivity contribution is -1.11. The molecule has 1 saturated heterocycles. The predicted octanol–water partition coefficient (Wildman–Crippen LogP) is 3.82. The second-order valence-electron chi connectivity index (χ2n) is 9.77. The van der Waals surface area contributed by atoms with E-state index in [2.05, 4.69) is 37.1 Å². The van der Waals surface area contributed by atoms with Gasteiger partial charge in [-0.25, -0.2) is 30.0 Å². The Morgan fingerprint density at radius 3 is 2.81 bits per heavy atom. The monoisotopic (exact) mass is 525 g/mol. The molecule has 1 aliphatic heterocycles. The zero-order valence-corrected chi connectivity index (χ0v) is 21.5. The number of hydroxylamine groups is 4. The van der Waals surface area contributed by atoms with E-state index in [9.17, 15) is 10.4 Å². The molecule has 3 aromatic heterocycles. The Hall–Kier alpha value is -3.08. The van der Waals surface area contributed by atoms with Crippen LogP contribution in [0.3, 0.4) is 0 Å². The Balaban J connectivity index is 1.44. The van der Waals surface area contributed by atoms with Crippen molar-refractivity contribution >= 4 is 34.3 Å². The van der Waals surface area contributed by atoms with E-state index in [0.717, 1.165) is 12.8 Å². The Morgan fingerprint density at radius 2 is 2.11 bits per heavy atom. The zero-order valence-electron chi connectivity index (χ0n) is 20.7. The molecule has 1 saturated carbocycles. The van der Waals surface area contributed by atoms with E-state index >= 15 is 4.39 Å². The minimum absolute atomic E-state index is 0.0436. The average molecular weight is 526 g/mol. The van der Waals surface area contributed by atoms with Crippen LogP contribution in [-0.2, 0) is 4.75 Å². The molecule has 4 atom stereocenters. The van der Waals surface area contributed by atoms with Crippen molar-refractivity contribution in [2.45, 2.75) is 49.3 Å². The van der Waals surface area contributed by atoms with Gasteiger partial charge in [-0.1, -0.05) is 5.92 Å². The number of thioether (sulfide) groups is 1. The van der Waals surface area contributed by atoms with E-state index in [1.807, 2.05) is 0 Å². The summed E-state index contributed by atoms with van der Waals surface area (Å²) < 4.78 is 19.4. The van der Waals surface area contributed by atoms with Gasteiger partial charge in [-0.2, -0.15) is 4.39 Å². The number of anilines is 2. The zero-order chi connectivity index (χ0) is 26.4. The lowest BCUT2D eigenvalue weighted by Crippen LogP contribution is -2.72. The Bertz CT molecular complexity index is 1410. The van der Waals surface area contributed by atoms with Gasteiger partial charge in [0.1, 0.15) is 17.4 Å². The summed E-state index contributed by atoms with van der Waals surface area (Å²) in [5.41, 5.74) is 7.03. The first-order chi connectivity index (χ1) is 17.6. The quantitative estimate of drug-likeness (QED) is 0.188. The number of aromatic nitrogens is 4. The number of hydrogen-bond donors (Lipinski definition) is 3. The highest BCUT2D eigenvalue weighted by molar-refractivity contribution is 8.00. The standard InChI is InChI=1S/C25H28FN7O3S/c1-4-5-10-36-19-13-29-20-18(32-19)8-9-28-22(20)31-16-11-17(21(26)30-12-16)24(2)14-33(34,35)25(3,15-6-7-15)23(27)37-24/h8-9,11-13,15,23,34H,6-7,10,14,27H2,1-3H3,(H,28,31)/t23?,24-,25-/m0/s1. The third-order valence-corrected chi connectivity index (χ3v) is 8.81. The van der Waals surface area contributed by atoms with Crippen molar-refractivity contribution in [1.29, 1.82) is 0 Å². The molecule has 0 spiro atoms. The van der Waals surface area contributed by atoms with Crippen molar-refractivity contribution in [3.8, 4) is 17.7 Å². The summed E-state index contributed by atoms with van der Waals surface area (Å²) in [6, 6.07) is 3.27. The predicted molar refractivity (Wildman–Crippen MR) is 138 cm³/mol. The summed E-state index contributed by atoms with van der Waals surface area (Å²) in [5.74, 6) is 5.58. The molecular formula is C25H28FN7O3S. The van der Waals surface area contributed by atoms with Crippen LogP contribution in [0.2, 0.25) is 0 Å². The fourth-order valence-electron chi connectivity index (χ4n) is 4.84. The van der Waals surface area contributed by atoms with E-state index in [1.54, 1.807) is 39.1 Å². The molecule has 4 heterocycles. The lowest BCUT2D eigenvalue weighted by atomic mass is 9.90. The third kappa shape index (κ3) is 4.58. The van der Waals surface area contributed by atoms with Crippen molar-refractivity contribution in [3.05, 3.63) is 47.4 Å². The fraction of sp³-hybridized carbons (Fsp3) is 0.440. The van der Waals surface area contributed by atoms with Gasteiger partial charge >= 0.3 is 0 Å². The molecule has 2 aliphatic rings. The minimum Gasteiger partial charge on any atom is -0.598 e. The number of hydrogen-bond acceptors (Lipinski definition) is 10. The minimum atomic E-state index is -1.52. The number of ether oxygens (including phenoxy) is 1. The summed E-state index contributed by atoms with van der Waals surface area (Å²) in [5, 5.41) is 26.8. The second kappa shape index (κ2) is 9.34. The number of fused-ring (bicyclic) bond motifs is 1.